The molecule has 1 fully saturated rings. The summed E-state index contributed by atoms with van der Waals surface area (Å²) in [7, 11) is 0. The molecule has 16 heavy (non-hydrogen) atoms. The van der Waals surface area contributed by atoms with Gasteiger partial charge in [0, 0.05) is 19.1 Å². The molecule has 2 N–H and O–H groups in total. The molecule has 4 nitrogen and oxygen atoms in total. The maximum absolute atomic E-state index is 10.3. The Morgan fingerprint density at radius 2 is 2.31 bits per heavy atom. The second-order valence-electron chi connectivity index (χ2n) is 4.50. The molecule has 1 aliphatic heterocycles. The number of aliphatic carboxylic acids is 1. The van der Waals surface area contributed by atoms with Crippen molar-refractivity contribution >= 4 is 5.97 Å². The van der Waals surface area contributed by atoms with E-state index in [1.54, 1.807) is 0 Å². The lowest BCUT2D eigenvalue weighted by molar-refractivity contribution is -0.137. The van der Waals surface area contributed by atoms with E-state index < -0.39 is 5.97 Å². The van der Waals surface area contributed by atoms with E-state index in [1.807, 2.05) is 0 Å². The van der Waals surface area contributed by atoms with Crippen molar-refractivity contribution in [2.75, 3.05) is 13.2 Å². The lowest BCUT2D eigenvalue weighted by Gasteiger charge is -2.19. The Balaban J connectivity index is 1.92. The van der Waals surface area contributed by atoms with E-state index in [4.69, 9.17) is 9.84 Å². The van der Waals surface area contributed by atoms with E-state index in [0.29, 0.717) is 18.6 Å². The molecule has 0 spiro atoms. The molecule has 0 aromatic heterocycles. The fourth-order valence-electron chi connectivity index (χ4n) is 2.04. The van der Waals surface area contributed by atoms with Crippen LogP contribution in [0.15, 0.2) is 0 Å². The lowest BCUT2D eigenvalue weighted by Crippen LogP contribution is -2.37. The molecule has 0 saturated carbocycles. The molecule has 0 aromatic rings. The minimum Gasteiger partial charge on any atom is -0.481 e. The number of hydrogen-bond donors (Lipinski definition) is 2. The third-order valence-corrected chi connectivity index (χ3v) is 3.06. The number of carbonyl (C=O) groups is 1. The van der Waals surface area contributed by atoms with Gasteiger partial charge >= 0.3 is 5.97 Å². The quantitative estimate of drug-likeness (QED) is 0.623. The monoisotopic (exact) mass is 229 g/mol. The first-order chi connectivity index (χ1) is 7.70. The first kappa shape index (κ1) is 13.5. The number of carboxylic acid groups (broad SMARTS) is 1. The predicted molar refractivity (Wildman–Crippen MR) is 62.5 cm³/mol. The highest BCUT2D eigenvalue weighted by Gasteiger charge is 2.21. The van der Waals surface area contributed by atoms with Gasteiger partial charge in [0.25, 0.3) is 0 Å². The number of nitrogens with one attached hydrogen (secondary N) is 1. The lowest BCUT2D eigenvalue weighted by atomic mass is 10.1. The summed E-state index contributed by atoms with van der Waals surface area (Å²) in [5.74, 6) is -0.694. The van der Waals surface area contributed by atoms with E-state index in [1.165, 1.54) is 6.42 Å². The molecule has 0 radical (unpaired) electrons. The second-order valence-corrected chi connectivity index (χ2v) is 4.50. The van der Waals surface area contributed by atoms with Gasteiger partial charge in [-0.15, -0.1) is 0 Å². The average molecular weight is 229 g/mol. The van der Waals surface area contributed by atoms with E-state index in [-0.39, 0.29) is 0 Å². The van der Waals surface area contributed by atoms with Gasteiger partial charge in [-0.1, -0.05) is 6.42 Å². The third-order valence-electron chi connectivity index (χ3n) is 3.06. The van der Waals surface area contributed by atoms with Crippen molar-refractivity contribution in [3.8, 4) is 0 Å². The van der Waals surface area contributed by atoms with Crippen LogP contribution in [-0.2, 0) is 9.53 Å². The van der Waals surface area contributed by atoms with Crippen molar-refractivity contribution in [3.05, 3.63) is 0 Å². The van der Waals surface area contributed by atoms with E-state index in [9.17, 15) is 4.79 Å². The Kier molecular flexibility index (Phi) is 6.42. The Morgan fingerprint density at radius 3 is 2.94 bits per heavy atom. The molecule has 1 saturated heterocycles. The number of ether oxygens (including phenoxy) is 1. The molecule has 0 bridgehead atoms. The zero-order chi connectivity index (χ0) is 11.8. The summed E-state index contributed by atoms with van der Waals surface area (Å²) in [4.78, 5) is 10.3. The molecule has 0 amide bonds. The van der Waals surface area contributed by atoms with Crippen LogP contribution in [0.1, 0.15) is 45.4 Å². The Bertz CT molecular complexity index is 202. The Labute approximate surface area is 97.4 Å². The van der Waals surface area contributed by atoms with Gasteiger partial charge in [-0.2, -0.15) is 0 Å². The molecule has 94 valence electrons. The molecular weight excluding hydrogens is 206 g/mol. The van der Waals surface area contributed by atoms with E-state index in [0.717, 1.165) is 38.8 Å². The minimum atomic E-state index is -0.694. The molecule has 1 aliphatic rings. The van der Waals surface area contributed by atoms with Crippen molar-refractivity contribution in [3.63, 3.8) is 0 Å². The zero-order valence-electron chi connectivity index (χ0n) is 10.1. The molecule has 1 rings (SSSR count). The highest BCUT2D eigenvalue weighted by atomic mass is 16.5. The Morgan fingerprint density at radius 1 is 1.50 bits per heavy atom. The molecule has 0 aliphatic carbocycles. The van der Waals surface area contributed by atoms with E-state index in [2.05, 4.69) is 12.2 Å². The van der Waals surface area contributed by atoms with Crippen molar-refractivity contribution in [2.45, 2.75) is 57.6 Å². The minimum absolute atomic E-state index is 0.293. The van der Waals surface area contributed by atoms with Crippen molar-refractivity contribution in [1.29, 1.82) is 0 Å². The summed E-state index contributed by atoms with van der Waals surface area (Å²) >= 11 is 0. The summed E-state index contributed by atoms with van der Waals surface area (Å²) < 4.78 is 5.58. The largest absolute Gasteiger partial charge is 0.481 e. The average Bonchev–Trinajstić information content (AvgIpc) is 2.75. The van der Waals surface area contributed by atoms with Crippen LogP contribution in [0.25, 0.3) is 0 Å². The number of hydrogen-bond acceptors (Lipinski definition) is 3. The van der Waals surface area contributed by atoms with E-state index >= 15 is 0 Å². The van der Waals surface area contributed by atoms with Crippen LogP contribution >= 0.6 is 0 Å². The summed E-state index contributed by atoms with van der Waals surface area (Å²) in [6.07, 6.45) is 5.82. The van der Waals surface area contributed by atoms with Crippen LogP contribution in [0.2, 0.25) is 0 Å². The number of rotatable bonds is 8. The highest BCUT2D eigenvalue weighted by Crippen LogP contribution is 2.15. The molecule has 0 aromatic carbocycles. The fraction of sp³-hybridized carbons (Fsp3) is 0.917. The molecular formula is C12H23NO3. The van der Waals surface area contributed by atoms with Crippen LogP contribution in [0.5, 0.6) is 0 Å². The van der Waals surface area contributed by atoms with Crippen LogP contribution in [0, 0.1) is 0 Å². The number of carboxylic acids is 1. The van der Waals surface area contributed by atoms with Gasteiger partial charge in [0.05, 0.1) is 6.10 Å². The molecule has 2 atom stereocenters. The van der Waals surface area contributed by atoms with Gasteiger partial charge in [0.2, 0.25) is 0 Å². The summed E-state index contributed by atoms with van der Waals surface area (Å²) in [6, 6.07) is 0.418. The van der Waals surface area contributed by atoms with Gasteiger partial charge < -0.3 is 15.2 Å². The van der Waals surface area contributed by atoms with Gasteiger partial charge in [0.1, 0.15) is 0 Å². The highest BCUT2D eigenvalue weighted by molar-refractivity contribution is 5.66. The van der Waals surface area contributed by atoms with Crippen LogP contribution in [0.4, 0.5) is 0 Å². The predicted octanol–water partition coefficient (Wildman–Crippen LogP) is 1.79. The van der Waals surface area contributed by atoms with Crippen LogP contribution < -0.4 is 5.32 Å². The summed E-state index contributed by atoms with van der Waals surface area (Å²) in [5, 5.41) is 11.9. The standard InChI is InChI=1S/C12H23NO3/c1-10(11-6-5-9-16-11)13-8-4-2-3-7-12(14)15/h10-11,13H,2-9H2,1H3,(H,14,15). The zero-order valence-corrected chi connectivity index (χ0v) is 10.1. The first-order valence-corrected chi connectivity index (χ1v) is 6.27. The maximum atomic E-state index is 10.3. The number of unbranched alkanes of at least 4 members (excludes halogenated alkanes) is 2. The van der Waals surface area contributed by atoms with Gasteiger partial charge in [-0.05, 0) is 39.2 Å². The molecule has 4 heteroatoms. The topological polar surface area (TPSA) is 58.6 Å². The fourth-order valence-corrected chi connectivity index (χ4v) is 2.04. The van der Waals surface area contributed by atoms with Crippen molar-refractivity contribution in [1.82, 2.24) is 5.32 Å². The van der Waals surface area contributed by atoms with Crippen molar-refractivity contribution in [2.24, 2.45) is 0 Å². The third kappa shape index (κ3) is 5.47. The summed E-state index contributed by atoms with van der Waals surface area (Å²) in [6.45, 7) is 4.02. The van der Waals surface area contributed by atoms with Crippen molar-refractivity contribution < 1.29 is 14.6 Å². The van der Waals surface area contributed by atoms with Crippen LogP contribution in [0.3, 0.4) is 0 Å². The van der Waals surface area contributed by atoms with Gasteiger partial charge in [0.15, 0.2) is 0 Å². The molecule has 1 heterocycles. The SMILES string of the molecule is CC(NCCCCCC(=O)O)C1CCCO1. The smallest absolute Gasteiger partial charge is 0.303 e. The maximum Gasteiger partial charge on any atom is 0.303 e. The van der Waals surface area contributed by atoms with Gasteiger partial charge in [-0.25, -0.2) is 0 Å². The Hall–Kier alpha value is -0.610. The second kappa shape index (κ2) is 7.63. The molecule has 2 unspecified atom stereocenters. The van der Waals surface area contributed by atoms with Gasteiger partial charge in [-0.3, -0.25) is 4.79 Å². The first-order valence-electron chi connectivity index (χ1n) is 6.27. The summed E-state index contributed by atoms with van der Waals surface area (Å²) in [5.41, 5.74) is 0. The normalized spacial score (nSPS) is 22.2. The van der Waals surface area contributed by atoms with Crippen LogP contribution in [-0.4, -0.2) is 36.4 Å².